The Morgan fingerprint density at radius 3 is 2.48 bits per heavy atom. The molecule has 2 aromatic rings. The van der Waals surface area contributed by atoms with Crippen LogP contribution in [0.4, 0.5) is 5.69 Å². The summed E-state index contributed by atoms with van der Waals surface area (Å²) in [4.78, 5) is 38.0. The van der Waals surface area contributed by atoms with E-state index in [4.69, 9.17) is 11.6 Å². The predicted octanol–water partition coefficient (Wildman–Crippen LogP) is 2.13. The molecule has 1 heterocycles. The maximum atomic E-state index is 12.3. The second-order valence-corrected chi connectivity index (χ2v) is 6.73. The molecule has 3 rings (SSSR count). The molecule has 27 heavy (non-hydrogen) atoms. The van der Waals surface area contributed by atoms with Gasteiger partial charge >= 0.3 is 0 Å². The lowest BCUT2D eigenvalue weighted by Crippen LogP contribution is -2.40. The lowest BCUT2D eigenvalue weighted by atomic mass is 10.1. The number of nitrogens with one attached hydrogen (secondary N) is 2. The van der Waals surface area contributed by atoms with Crippen molar-refractivity contribution in [2.75, 3.05) is 18.0 Å². The van der Waals surface area contributed by atoms with Crippen molar-refractivity contribution >= 4 is 35.0 Å². The van der Waals surface area contributed by atoms with E-state index in [-0.39, 0.29) is 37.2 Å². The van der Waals surface area contributed by atoms with Gasteiger partial charge < -0.3 is 15.5 Å². The molecule has 2 N–H and O–H groups in total. The van der Waals surface area contributed by atoms with Gasteiger partial charge in [0.1, 0.15) is 0 Å². The highest BCUT2D eigenvalue weighted by molar-refractivity contribution is 6.31. The first-order chi connectivity index (χ1) is 13.0. The van der Waals surface area contributed by atoms with Gasteiger partial charge in [-0.1, -0.05) is 48.0 Å². The van der Waals surface area contributed by atoms with Gasteiger partial charge in [-0.25, -0.2) is 0 Å². The fourth-order valence-corrected chi connectivity index (χ4v) is 3.15. The van der Waals surface area contributed by atoms with Crippen LogP contribution in [0, 0.1) is 5.92 Å². The molecule has 0 spiro atoms. The second-order valence-electron chi connectivity index (χ2n) is 6.33. The molecule has 6 nitrogen and oxygen atoms in total. The lowest BCUT2D eigenvalue weighted by Gasteiger charge is -2.16. The van der Waals surface area contributed by atoms with Crippen molar-refractivity contribution in [3.05, 3.63) is 65.2 Å². The number of carbonyl (C=O) groups is 3. The second kappa shape index (κ2) is 8.68. The normalized spacial score (nSPS) is 16.3. The number of halogens is 1. The van der Waals surface area contributed by atoms with Crippen molar-refractivity contribution in [2.24, 2.45) is 5.92 Å². The summed E-state index contributed by atoms with van der Waals surface area (Å²) in [6.07, 6.45) is 0.141. The number of rotatable bonds is 6. The van der Waals surface area contributed by atoms with Gasteiger partial charge in [0.15, 0.2) is 0 Å². The zero-order valence-electron chi connectivity index (χ0n) is 14.7. The SMILES string of the molecule is O=C(CNC(=O)[C@@H]1CC(=O)N(c2ccccc2)C1)NCc1ccccc1Cl. The van der Waals surface area contributed by atoms with Crippen LogP contribution in [0.25, 0.3) is 0 Å². The van der Waals surface area contributed by atoms with Crippen molar-refractivity contribution in [3.8, 4) is 0 Å². The molecule has 0 aliphatic carbocycles. The van der Waals surface area contributed by atoms with Gasteiger partial charge in [-0.05, 0) is 23.8 Å². The van der Waals surface area contributed by atoms with Crippen LogP contribution in [0.5, 0.6) is 0 Å². The fraction of sp³-hybridized carbons (Fsp3) is 0.250. The number of hydrogen-bond acceptors (Lipinski definition) is 3. The first-order valence-corrected chi connectivity index (χ1v) is 9.05. The van der Waals surface area contributed by atoms with Crippen LogP contribution >= 0.6 is 11.6 Å². The molecule has 0 bridgehead atoms. The molecule has 7 heteroatoms. The summed E-state index contributed by atoms with van der Waals surface area (Å²) in [5.41, 5.74) is 1.58. The third-order valence-corrected chi connectivity index (χ3v) is 4.79. The highest BCUT2D eigenvalue weighted by Gasteiger charge is 2.35. The Labute approximate surface area is 162 Å². The lowest BCUT2D eigenvalue weighted by molar-refractivity contribution is -0.129. The molecular weight excluding hydrogens is 366 g/mol. The van der Waals surface area contributed by atoms with Crippen molar-refractivity contribution in [1.29, 1.82) is 0 Å². The van der Waals surface area contributed by atoms with Gasteiger partial charge in [0.05, 0.1) is 12.5 Å². The number of anilines is 1. The quantitative estimate of drug-likeness (QED) is 0.799. The molecular formula is C20H20ClN3O3. The summed E-state index contributed by atoms with van der Waals surface area (Å²) >= 11 is 6.04. The Morgan fingerprint density at radius 2 is 1.74 bits per heavy atom. The van der Waals surface area contributed by atoms with Crippen molar-refractivity contribution < 1.29 is 14.4 Å². The number of carbonyl (C=O) groups excluding carboxylic acids is 3. The number of nitrogens with zero attached hydrogens (tertiary/aromatic N) is 1. The minimum atomic E-state index is -0.464. The van der Waals surface area contributed by atoms with E-state index in [0.717, 1.165) is 11.3 Å². The summed E-state index contributed by atoms with van der Waals surface area (Å²) in [6, 6.07) is 16.5. The fourth-order valence-electron chi connectivity index (χ4n) is 2.95. The Kier molecular flexibility index (Phi) is 6.08. The Morgan fingerprint density at radius 1 is 1.04 bits per heavy atom. The topological polar surface area (TPSA) is 78.5 Å². The average molecular weight is 386 g/mol. The highest BCUT2D eigenvalue weighted by Crippen LogP contribution is 2.24. The summed E-state index contributed by atoms with van der Waals surface area (Å²) in [7, 11) is 0. The largest absolute Gasteiger partial charge is 0.350 e. The molecule has 1 aliphatic rings. The van der Waals surface area contributed by atoms with Crippen molar-refractivity contribution in [1.82, 2.24) is 10.6 Å². The first-order valence-electron chi connectivity index (χ1n) is 8.68. The summed E-state index contributed by atoms with van der Waals surface area (Å²) in [5, 5.41) is 5.89. The van der Waals surface area contributed by atoms with E-state index in [1.54, 1.807) is 11.0 Å². The van der Waals surface area contributed by atoms with Crippen LogP contribution in [-0.4, -0.2) is 30.8 Å². The molecule has 1 fully saturated rings. The zero-order chi connectivity index (χ0) is 19.2. The van der Waals surface area contributed by atoms with Crippen LogP contribution < -0.4 is 15.5 Å². The highest BCUT2D eigenvalue weighted by atomic mass is 35.5. The van der Waals surface area contributed by atoms with Gasteiger partial charge in [-0.2, -0.15) is 0 Å². The van der Waals surface area contributed by atoms with E-state index < -0.39 is 5.92 Å². The van der Waals surface area contributed by atoms with Crippen molar-refractivity contribution in [3.63, 3.8) is 0 Å². The number of para-hydroxylation sites is 1. The smallest absolute Gasteiger partial charge is 0.239 e. The predicted molar refractivity (Wildman–Crippen MR) is 103 cm³/mol. The van der Waals surface area contributed by atoms with Crippen LogP contribution in [-0.2, 0) is 20.9 Å². The molecule has 1 aliphatic heterocycles. The number of benzene rings is 2. The average Bonchev–Trinajstić information content (AvgIpc) is 3.08. The molecule has 0 unspecified atom stereocenters. The first kappa shape index (κ1) is 18.9. The molecule has 0 saturated carbocycles. The third kappa shape index (κ3) is 4.86. The minimum Gasteiger partial charge on any atom is -0.350 e. The third-order valence-electron chi connectivity index (χ3n) is 4.42. The summed E-state index contributed by atoms with van der Waals surface area (Å²) in [6.45, 7) is 0.466. The summed E-state index contributed by atoms with van der Waals surface area (Å²) < 4.78 is 0. The van der Waals surface area contributed by atoms with Gasteiger partial charge in [0.2, 0.25) is 17.7 Å². The minimum absolute atomic E-state index is 0.0930. The van der Waals surface area contributed by atoms with Crippen molar-refractivity contribution in [2.45, 2.75) is 13.0 Å². The van der Waals surface area contributed by atoms with Crippen LogP contribution in [0.1, 0.15) is 12.0 Å². The molecule has 2 aromatic carbocycles. The van der Waals surface area contributed by atoms with E-state index in [1.807, 2.05) is 48.5 Å². The van der Waals surface area contributed by atoms with E-state index in [1.165, 1.54) is 0 Å². The maximum absolute atomic E-state index is 12.3. The van der Waals surface area contributed by atoms with E-state index in [2.05, 4.69) is 10.6 Å². The Hall–Kier alpha value is -2.86. The van der Waals surface area contributed by atoms with Crippen LogP contribution in [0.3, 0.4) is 0 Å². The molecule has 0 radical (unpaired) electrons. The molecule has 1 atom stereocenters. The zero-order valence-corrected chi connectivity index (χ0v) is 15.4. The Bertz CT molecular complexity index is 841. The standard InChI is InChI=1S/C20H20ClN3O3/c21-17-9-5-4-6-14(17)11-22-18(25)12-23-20(27)15-10-19(26)24(13-15)16-7-2-1-3-8-16/h1-9,15H,10-13H2,(H,22,25)(H,23,27)/t15-/m1/s1. The van der Waals surface area contributed by atoms with E-state index in [9.17, 15) is 14.4 Å². The van der Waals surface area contributed by atoms with E-state index >= 15 is 0 Å². The Balaban J connectivity index is 1.46. The molecule has 1 saturated heterocycles. The van der Waals surface area contributed by atoms with Crippen LogP contribution in [0.15, 0.2) is 54.6 Å². The van der Waals surface area contributed by atoms with Crippen LogP contribution in [0.2, 0.25) is 5.02 Å². The van der Waals surface area contributed by atoms with Gasteiger partial charge in [-0.3, -0.25) is 14.4 Å². The molecule has 140 valence electrons. The maximum Gasteiger partial charge on any atom is 0.239 e. The number of hydrogen-bond donors (Lipinski definition) is 2. The summed E-state index contributed by atoms with van der Waals surface area (Å²) in [5.74, 6) is -1.17. The monoisotopic (exact) mass is 385 g/mol. The molecule has 3 amide bonds. The van der Waals surface area contributed by atoms with Gasteiger partial charge in [0, 0.05) is 30.2 Å². The number of amides is 3. The molecule has 0 aromatic heterocycles. The van der Waals surface area contributed by atoms with Gasteiger partial charge in [0.25, 0.3) is 0 Å². The van der Waals surface area contributed by atoms with E-state index in [0.29, 0.717) is 11.6 Å². The van der Waals surface area contributed by atoms with Gasteiger partial charge in [-0.15, -0.1) is 0 Å².